The molecule has 1 aliphatic carbocycles. The van der Waals surface area contributed by atoms with E-state index in [1.165, 1.54) is 0 Å². The molecule has 5 nitrogen and oxygen atoms in total. The average molecular weight is 341 g/mol. The average Bonchev–Trinajstić information content (AvgIpc) is 2.67. The normalized spacial score (nSPS) is 36.6. The summed E-state index contributed by atoms with van der Waals surface area (Å²) in [6.07, 6.45) is 3.10. The maximum Gasteiger partial charge on any atom is 0.186 e. The van der Waals surface area contributed by atoms with Crippen LogP contribution in [0.25, 0.3) is 0 Å². The summed E-state index contributed by atoms with van der Waals surface area (Å²) in [5.74, 6) is 0.143. The molecule has 1 saturated carbocycles. The van der Waals surface area contributed by atoms with Crippen molar-refractivity contribution in [2.45, 2.75) is 43.9 Å². The van der Waals surface area contributed by atoms with Crippen LogP contribution in [0.5, 0.6) is 0 Å². The first kappa shape index (κ1) is 14.0. The molecule has 6 heteroatoms. The van der Waals surface area contributed by atoms with Crippen LogP contribution in [0.1, 0.15) is 26.2 Å². The van der Waals surface area contributed by atoms with Crippen LogP contribution in [0.3, 0.4) is 0 Å². The third kappa shape index (κ3) is 2.28. The Balaban J connectivity index is 0.00000128. The van der Waals surface area contributed by atoms with E-state index in [-0.39, 0.29) is 47.7 Å². The Labute approximate surface area is 113 Å². The molecule has 0 bridgehead atoms. The first-order valence-electron chi connectivity index (χ1n) is 5.53. The van der Waals surface area contributed by atoms with Crippen LogP contribution >= 0.6 is 24.0 Å². The molecule has 4 N–H and O–H groups in total. The van der Waals surface area contributed by atoms with E-state index in [0.29, 0.717) is 6.61 Å². The van der Waals surface area contributed by atoms with Crippen molar-refractivity contribution in [1.82, 2.24) is 0 Å². The van der Waals surface area contributed by atoms with Gasteiger partial charge in [-0.2, -0.15) is 0 Å². The minimum absolute atomic E-state index is 0. The highest BCUT2D eigenvalue weighted by molar-refractivity contribution is 14.0. The molecule has 1 spiro atoms. The molecular weight excluding hydrogens is 321 g/mol. The highest BCUT2D eigenvalue weighted by Gasteiger charge is 2.59. The highest BCUT2D eigenvalue weighted by atomic mass is 127. The summed E-state index contributed by atoms with van der Waals surface area (Å²) < 4.78 is 11.5. The zero-order chi connectivity index (χ0) is 10.9. The summed E-state index contributed by atoms with van der Waals surface area (Å²) in [6, 6.07) is 0.0848. The molecule has 16 heavy (non-hydrogen) atoms. The second-order valence-electron chi connectivity index (χ2n) is 4.16. The lowest BCUT2D eigenvalue weighted by Crippen LogP contribution is -2.63. The van der Waals surface area contributed by atoms with Gasteiger partial charge in [-0.05, 0) is 19.8 Å². The van der Waals surface area contributed by atoms with E-state index < -0.39 is 0 Å². The molecule has 2 rings (SSSR count). The lowest BCUT2D eigenvalue weighted by atomic mass is 9.70. The first-order valence-corrected chi connectivity index (χ1v) is 5.53. The van der Waals surface area contributed by atoms with Crippen LogP contribution in [-0.4, -0.2) is 36.9 Å². The fraction of sp³-hybridized carbons (Fsp3) is 0.900. The van der Waals surface area contributed by atoms with Crippen molar-refractivity contribution in [3.63, 3.8) is 0 Å². The van der Waals surface area contributed by atoms with Crippen molar-refractivity contribution in [2.75, 3.05) is 13.2 Å². The largest absolute Gasteiger partial charge is 0.375 e. The van der Waals surface area contributed by atoms with Crippen molar-refractivity contribution in [3.05, 3.63) is 0 Å². The molecule has 2 aliphatic rings. The zero-order valence-corrected chi connectivity index (χ0v) is 11.8. The van der Waals surface area contributed by atoms with Gasteiger partial charge in [0.2, 0.25) is 0 Å². The zero-order valence-electron chi connectivity index (χ0n) is 9.52. The monoisotopic (exact) mass is 341 g/mol. The molecule has 0 aromatic carbocycles. The Morgan fingerprint density at radius 1 is 1.56 bits per heavy atom. The molecule has 3 atom stereocenters. The minimum Gasteiger partial charge on any atom is -0.375 e. The fourth-order valence-corrected chi connectivity index (χ4v) is 2.61. The second-order valence-corrected chi connectivity index (χ2v) is 4.16. The summed E-state index contributed by atoms with van der Waals surface area (Å²) >= 11 is 0. The van der Waals surface area contributed by atoms with Crippen molar-refractivity contribution in [3.8, 4) is 0 Å². The standard InChI is InChI=1S/C10H19N3O2.HI/c1-2-14-8-6-7(13-9(11)12)10(8)4-3-5-15-10;/h7-8H,2-6H2,1H3,(H4,11,12,13);1H. The van der Waals surface area contributed by atoms with E-state index in [9.17, 15) is 0 Å². The Hall–Kier alpha value is -0.0800. The van der Waals surface area contributed by atoms with Crippen molar-refractivity contribution in [1.29, 1.82) is 0 Å². The molecule has 0 aromatic heterocycles. The molecule has 1 aliphatic heterocycles. The van der Waals surface area contributed by atoms with Gasteiger partial charge >= 0.3 is 0 Å². The summed E-state index contributed by atoms with van der Waals surface area (Å²) in [5, 5.41) is 0. The SMILES string of the molecule is CCOC1CC(N=C(N)N)C12CCCO2.I. The maximum atomic E-state index is 5.81. The van der Waals surface area contributed by atoms with E-state index in [1.54, 1.807) is 0 Å². The minimum atomic E-state index is -0.236. The number of rotatable bonds is 3. The van der Waals surface area contributed by atoms with Gasteiger partial charge in [0.25, 0.3) is 0 Å². The van der Waals surface area contributed by atoms with Gasteiger partial charge in [0.05, 0.1) is 12.1 Å². The van der Waals surface area contributed by atoms with Crippen LogP contribution < -0.4 is 11.5 Å². The molecule has 1 heterocycles. The van der Waals surface area contributed by atoms with Crippen LogP contribution in [0.15, 0.2) is 4.99 Å². The lowest BCUT2D eigenvalue weighted by molar-refractivity contribution is -0.188. The molecule has 94 valence electrons. The van der Waals surface area contributed by atoms with Gasteiger partial charge in [-0.3, -0.25) is 0 Å². The van der Waals surface area contributed by atoms with Crippen molar-refractivity contribution in [2.24, 2.45) is 16.5 Å². The van der Waals surface area contributed by atoms with Crippen molar-refractivity contribution < 1.29 is 9.47 Å². The number of hydrogen-bond donors (Lipinski definition) is 2. The van der Waals surface area contributed by atoms with Crippen LogP contribution in [0.4, 0.5) is 0 Å². The predicted molar refractivity (Wildman–Crippen MR) is 73.0 cm³/mol. The van der Waals surface area contributed by atoms with Gasteiger partial charge < -0.3 is 20.9 Å². The van der Waals surface area contributed by atoms with E-state index in [1.807, 2.05) is 6.92 Å². The summed E-state index contributed by atoms with van der Waals surface area (Å²) in [7, 11) is 0. The molecule has 0 amide bonds. The number of hydrogen-bond acceptors (Lipinski definition) is 3. The van der Waals surface area contributed by atoms with Gasteiger partial charge in [0, 0.05) is 19.6 Å². The Kier molecular flexibility index (Phi) is 4.81. The number of nitrogens with zero attached hydrogens (tertiary/aromatic N) is 1. The Morgan fingerprint density at radius 2 is 2.31 bits per heavy atom. The van der Waals surface area contributed by atoms with E-state index >= 15 is 0 Å². The number of ether oxygens (including phenoxy) is 2. The third-order valence-corrected chi connectivity index (χ3v) is 3.30. The quantitative estimate of drug-likeness (QED) is 0.448. The molecule has 0 radical (unpaired) electrons. The predicted octanol–water partition coefficient (Wildman–Crippen LogP) is 0.604. The number of guanidine groups is 1. The topological polar surface area (TPSA) is 82.9 Å². The van der Waals surface area contributed by atoms with Gasteiger partial charge in [0.1, 0.15) is 5.60 Å². The van der Waals surface area contributed by atoms with Gasteiger partial charge in [-0.25, -0.2) is 4.99 Å². The molecule has 3 unspecified atom stereocenters. The molecule has 2 fully saturated rings. The van der Waals surface area contributed by atoms with Gasteiger partial charge in [-0.1, -0.05) is 0 Å². The summed E-state index contributed by atoms with van der Waals surface area (Å²) in [4.78, 5) is 4.22. The van der Waals surface area contributed by atoms with E-state index in [4.69, 9.17) is 20.9 Å². The molecule has 1 saturated heterocycles. The fourth-order valence-electron chi connectivity index (χ4n) is 2.61. The first-order chi connectivity index (χ1) is 7.19. The van der Waals surface area contributed by atoms with Crippen molar-refractivity contribution >= 4 is 29.9 Å². The molecule has 0 aromatic rings. The molecular formula is C10H20IN3O2. The lowest BCUT2D eigenvalue weighted by Gasteiger charge is -2.50. The van der Waals surface area contributed by atoms with E-state index in [0.717, 1.165) is 25.9 Å². The number of halogens is 1. The van der Waals surface area contributed by atoms with Crippen LogP contribution in [0, 0.1) is 0 Å². The highest BCUT2D eigenvalue weighted by Crippen LogP contribution is 2.47. The van der Waals surface area contributed by atoms with Crippen LogP contribution in [0.2, 0.25) is 0 Å². The Bertz CT molecular complexity index is 263. The smallest absolute Gasteiger partial charge is 0.186 e. The van der Waals surface area contributed by atoms with Gasteiger partial charge in [-0.15, -0.1) is 24.0 Å². The summed E-state index contributed by atoms with van der Waals surface area (Å²) in [5.41, 5.74) is 10.6. The van der Waals surface area contributed by atoms with Gasteiger partial charge in [0.15, 0.2) is 5.96 Å². The maximum absolute atomic E-state index is 5.81. The summed E-state index contributed by atoms with van der Waals surface area (Å²) in [6.45, 7) is 3.50. The Morgan fingerprint density at radius 3 is 2.81 bits per heavy atom. The van der Waals surface area contributed by atoms with Crippen LogP contribution in [-0.2, 0) is 9.47 Å². The van der Waals surface area contributed by atoms with E-state index in [2.05, 4.69) is 4.99 Å². The number of nitrogens with two attached hydrogens (primary N) is 2. The second kappa shape index (κ2) is 5.50. The number of aliphatic imine (C=N–C) groups is 1. The third-order valence-electron chi connectivity index (χ3n) is 3.30.